The van der Waals surface area contributed by atoms with E-state index in [1.54, 1.807) is 54.3 Å². The Balaban J connectivity index is 1.39. The highest BCUT2D eigenvalue weighted by molar-refractivity contribution is 6.00. The normalized spacial score (nSPS) is 10.5. The molecule has 4 rings (SSSR count). The molecule has 0 unspecified atom stereocenters. The molecule has 9 heteroatoms. The van der Waals surface area contributed by atoms with Gasteiger partial charge in [-0.3, -0.25) is 0 Å². The van der Waals surface area contributed by atoms with Crippen LogP contribution < -0.4 is 20.1 Å². The second-order valence-corrected chi connectivity index (χ2v) is 7.44. The van der Waals surface area contributed by atoms with Crippen LogP contribution in [0.1, 0.15) is 17.0 Å². The van der Waals surface area contributed by atoms with E-state index in [1.165, 1.54) is 6.33 Å². The van der Waals surface area contributed by atoms with E-state index in [4.69, 9.17) is 9.47 Å². The van der Waals surface area contributed by atoms with Crippen molar-refractivity contribution in [2.75, 3.05) is 17.7 Å². The molecule has 168 valence electrons. The predicted octanol–water partition coefficient (Wildman–Crippen LogP) is 5.03. The third kappa shape index (κ3) is 5.27. The number of aromatic nitrogens is 4. The highest BCUT2D eigenvalue weighted by atomic mass is 16.5. The van der Waals surface area contributed by atoms with Gasteiger partial charge in [0.15, 0.2) is 5.82 Å². The largest absolute Gasteiger partial charge is 0.497 e. The molecular weight excluding hydrogens is 420 g/mol. The number of methoxy groups -OCH3 is 1. The van der Waals surface area contributed by atoms with Crippen LogP contribution in [0.5, 0.6) is 17.4 Å². The fourth-order valence-corrected chi connectivity index (χ4v) is 3.28. The molecule has 0 atom stereocenters. The first-order chi connectivity index (χ1) is 15.9. The maximum atomic E-state index is 12.4. The summed E-state index contributed by atoms with van der Waals surface area (Å²) in [4.78, 5) is 20.8. The minimum Gasteiger partial charge on any atom is -0.497 e. The maximum absolute atomic E-state index is 12.4. The van der Waals surface area contributed by atoms with Crippen molar-refractivity contribution in [1.82, 2.24) is 19.7 Å². The molecule has 9 nitrogen and oxygen atoms in total. The highest BCUT2D eigenvalue weighted by Gasteiger charge is 2.09. The lowest BCUT2D eigenvalue weighted by Crippen LogP contribution is -2.19. The molecule has 2 N–H and O–H groups in total. The molecule has 0 bridgehead atoms. The van der Waals surface area contributed by atoms with Gasteiger partial charge >= 0.3 is 6.03 Å². The average molecular weight is 444 g/mol. The van der Waals surface area contributed by atoms with Gasteiger partial charge in [0.05, 0.1) is 12.8 Å². The molecule has 33 heavy (non-hydrogen) atoms. The molecule has 2 amide bonds. The Labute approximate surface area is 191 Å². The highest BCUT2D eigenvalue weighted by Crippen LogP contribution is 2.24. The number of carbonyl (C=O) groups is 1. The van der Waals surface area contributed by atoms with E-state index in [0.717, 1.165) is 22.7 Å². The number of rotatable bonds is 6. The second kappa shape index (κ2) is 9.39. The van der Waals surface area contributed by atoms with Gasteiger partial charge in [-0.25, -0.2) is 19.4 Å². The summed E-state index contributed by atoms with van der Waals surface area (Å²) in [7, 11) is 1.60. The minimum atomic E-state index is -0.345. The first kappa shape index (κ1) is 21.8. The Morgan fingerprint density at radius 1 is 0.909 bits per heavy atom. The number of urea groups is 1. The number of anilines is 2. The van der Waals surface area contributed by atoms with Gasteiger partial charge in [0, 0.05) is 23.1 Å². The number of nitrogens with zero attached hydrogens (tertiary/aromatic N) is 4. The standard InChI is InChI=1S/C24H24N6O3/c1-15-11-20(32-4)9-10-21(15)28-24(31)27-18-5-7-19(8-6-18)33-23-13-22(25-14-26-23)30-17(3)12-16(2)29-30/h5-14H,1-4H3,(H2,27,28,31). The zero-order valence-corrected chi connectivity index (χ0v) is 18.8. The Hall–Kier alpha value is -4.40. The van der Waals surface area contributed by atoms with Crippen molar-refractivity contribution in [3.8, 4) is 23.2 Å². The Bertz CT molecular complexity index is 1280. The third-order valence-electron chi connectivity index (χ3n) is 4.87. The quantitative estimate of drug-likeness (QED) is 0.432. The number of hydrogen-bond donors (Lipinski definition) is 2. The summed E-state index contributed by atoms with van der Waals surface area (Å²) in [6, 6.07) is 15.8. The number of amides is 2. The second-order valence-electron chi connectivity index (χ2n) is 7.44. The summed E-state index contributed by atoms with van der Waals surface area (Å²) >= 11 is 0. The fourth-order valence-electron chi connectivity index (χ4n) is 3.28. The van der Waals surface area contributed by atoms with Crippen molar-refractivity contribution in [2.45, 2.75) is 20.8 Å². The van der Waals surface area contributed by atoms with E-state index in [-0.39, 0.29) is 6.03 Å². The number of carbonyl (C=O) groups excluding carboxylic acids is 1. The molecule has 2 aromatic carbocycles. The fraction of sp³-hybridized carbons (Fsp3) is 0.167. The topological polar surface area (TPSA) is 103 Å². The molecule has 0 saturated carbocycles. The first-order valence-electron chi connectivity index (χ1n) is 10.3. The molecule has 0 radical (unpaired) electrons. The Morgan fingerprint density at radius 2 is 1.67 bits per heavy atom. The lowest BCUT2D eigenvalue weighted by molar-refractivity contribution is 0.262. The smallest absolute Gasteiger partial charge is 0.323 e. The van der Waals surface area contributed by atoms with E-state index in [2.05, 4.69) is 25.7 Å². The van der Waals surface area contributed by atoms with Crippen LogP contribution in [0.3, 0.4) is 0 Å². The summed E-state index contributed by atoms with van der Waals surface area (Å²) in [6.45, 7) is 5.79. The zero-order chi connectivity index (χ0) is 23.4. The van der Waals surface area contributed by atoms with Crippen molar-refractivity contribution in [3.05, 3.63) is 77.9 Å². The number of hydrogen-bond acceptors (Lipinski definition) is 6. The van der Waals surface area contributed by atoms with Crippen molar-refractivity contribution in [1.29, 1.82) is 0 Å². The number of benzene rings is 2. The SMILES string of the molecule is COc1ccc(NC(=O)Nc2ccc(Oc3cc(-n4nc(C)cc4C)ncn3)cc2)c(C)c1. The Kier molecular flexibility index (Phi) is 6.21. The van der Waals surface area contributed by atoms with E-state index >= 15 is 0 Å². The maximum Gasteiger partial charge on any atom is 0.323 e. The summed E-state index contributed by atoms with van der Waals surface area (Å²) in [5, 5.41) is 10.1. The molecule has 4 aromatic rings. The summed E-state index contributed by atoms with van der Waals surface area (Å²) < 4.78 is 12.8. The van der Waals surface area contributed by atoms with Crippen molar-refractivity contribution in [3.63, 3.8) is 0 Å². The van der Waals surface area contributed by atoms with Crippen LogP contribution in [0.4, 0.5) is 16.2 Å². The lowest BCUT2D eigenvalue weighted by Gasteiger charge is -2.11. The molecule has 0 spiro atoms. The van der Waals surface area contributed by atoms with Gasteiger partial charge in [0.25, 0.3) is 0 Å². The summed E-state index contributed by atoms with van der Waals surface area (Å²) in [5.41, 5.74) is 4.10. The first-order valence-corrected chi connectivity index (χ1v) is 10.3. The number of nitrogens with one attached hydrogen (secondary N) is 2. The lowest BCUT2D eigenvalue weighted by atomic mass is 10.2. The molecule has 2 aromatic heterocycles. The van der Waals surface area contributed by atoms with E-state index < -0.39 is 0 Å². The van der Waals surface area contributed by atoms with Crippen LogP contribution in [0.25, 0.3) is 5.82 Å². The van der Waals surface area contributed by atoms with Crippen LogP contribution in [0.15, 0.2) is 60.9 Å². The number of aryl methyl sites for hydroxylation is 3. The van der Waals surface area contributed by atoms with E-state index in [9.17, 15) is 4.79 Å². The third-order valence-corrected chi connectivity index (χ3v) is 4.87. The average Bonchev–Trinajstić information content (AvgIpc) is 3.14. The Morgan fingerprint density at radius 3 is 2.33 bits per heavy atom. The van der Waals surface area contributed by atoms with Crippen LogP contribution >= 0.6 is 0 Å². The van der Waals surface area contributed by atoms with Gasteiger partial charge in [-0.2, -0.15) is 5.10 Å². The van der Waals surface area contributed by atoms with Crippen LogP contribution in [0, 0.1) is 20.8 Å². The van der Waals surface area contributed by atoms with Crippen LogP contribution in [-0.4, -0.2) is 32.9 Å². The van der Waals surface area contributed by atoms with Gasteiger partial charge in [0.2, 0.25) is 5.88 Å². The van der Waals surface area contributed by atoms with Crippen LogP contribution in [-0.2, 0) is 0 Å². The van der Waals surface area contributed by atoms with Gasteiger partial charge < -0.3 is 20.1 Å². The summed E-state index contributed by atoms with van der Waals surface area (Å²) in [6.07, 6.45) is 1.43. The van der Waals surface area contributed by atoms with E-state index in [1.807, 2.05) is 32.9 Å². The molecule has 0 aliphatic carbocycles. The van der Waals surface area contributed by atoms with Gasteiger partial charge in [0.1, 0.15) is 17.8 Å². The van der Waals surface area contributed by atoms with Crippen molar-refractivity contribution >= 4 is 17.4 Å². The molecule has 0 fully saturated rings. The molecular formula is C24H24N6O3. The molecule has 2 heterocycles. The van der Waals surface area contributed by atoms with Crippen molar-refractivity contribution < 1.29 is 14.3 Å². The molecule has 0 aliphatic rings. The minimum absolute atomic E-state index is 0.345. The monoisotopic (exact) mass is 444 g/mol. The molecule has 0 saturated heterocycles. The predicted molar refractivity (Wildman–Crippen MR) is 126 cm³/mol. The van der Waals surface area contributed by atoms with E-state index in [0.29, 0.717) is 28.8 Å². The zero-order valence-electron chi connectivity index (χ0n) is 18.8. The van der Waals surface area contributed by atoms with Crippen molar-refractivity contribution in [2.24, 2.45) is 0 Å². The van der Waals surface area contributed by atoms with Crippen LogP contribution in [0.2, 0.25) is 0 Å². The van der Waals surface area contributed by atoms with Gasteiger partial charge in [-0.05, 0) is 74.9 Å². The van der Waals surface area contributed by atoms with Gasteiger partial charge in [-0.1, -0.05) is 0 Å². The van der Waals surface area contributed by atoms with Gasteiger partial charge in [-0.15, -0.1) is 0 Å². The summed E-state index contributed by atoms with van der Waals surface area (Å²) in [5.74, 6) is 2.32. The number of ether oxygens (including phenoxy) is 2. The molecule has 0 aliphatic heterocycles.